The number of phosphoric ester groups is 1. The molecule has 1 aliphatic rings. The largest absolute Gasteiger partial charge is 0.790 e. The van der Waals surface area contributed by atoms with Crippen molar-refractivity contribution in [2.24, 2.45) is 0 Å². The lowest BCUT2D eigenvalue weighted by atomic mass is 9.87. The molecule has 0 N–H and O–H groups in total. The molecule has 0 saturated heterocycles. The highest BCUT2D eigenvalue weighted by Crippen LogP contribution is 2.48. The number of fused-ring (bicyclic) bond motifs is 1. The molecule has 0 spiro atoms. The van der Waals surface area contributed by atoms with E-state index in [-0.39, 0.29) is 33.6 Å². The van der Waals surface area contributed by atoms with Gasteiger partial charge in [0, 0.05) is 38.2 Å². The van der Waals surface area contributed by atoms with Crippen molar-refractivity contribution in [1.29, 1.82) is 0 Å². The third kappa shape index (κ3) is 6.59. The molecule has 0 bridgehead atoms. The number of rotatable bonds is 10. The summed E-state index contributed by atoms with van der Waals surface area (Å²) in [6, 6.07) is 0. The van der Waals surface area contributed by atoms with E-state index in [0.29, 0.717) is 28.6 Å². The van der Waals surface area contributed by atoms with Gasteiger partial charge in [-0.1, -0.05) is 63.7 Å². The molecule has 0 aliphatic carbocycles. The smallest absolute Gasteiger partial charge is 0.263 e. The molecule has 1 aromatic rings. The number of alkyl halides is 4. The topological polar surface area (TPSA) is 110 Å². The second-order valence-corrected chi connectivity index (χ2v) is 15.0. The van der Waals surface area contributed by atoms with Crippen molar-refractivity contribution in [3.05, 3.63) is 29.0 Å². The standard InChI is InChI=1S/C16H14Br8NO6P/c17-3-6(19)1-16(2-7(20)4-18,5-31-32(28,29)30)25-14(26)8-9(15(25)27)11(22)13(24)12(23)10(8)21/h6-7H,1-5H2,(H2,28,29,30)/p-2. The summed E-state index contributed by atoms with van der Waals surface area (Å²) in [6.45, 7) is -0.676. The highest BCUT2D eigenvalue weighted by Gasteiger charge is 2.52. The zero-order valence-corrected chi connectivity index (χ0v) is 29.1. The van der Waals surface area contributed by atoms with Crippen LogP contribution in [0.2, 0.25) is 0 Å². The summed E-state index contributed by atoms with van der Waals surface area (Å²) in [5.74, 6) is -1.27. The molecule has 32 heavy (non-hydrogen) atoms. The van der Waals surface area contributed by atoms with Gasteiger partial charge in [0.15, 0.2) is 0 Å². The quantitative estimate of drug-likeness (QED) is 0.0935. The molecule has 16 heteroatoms. The third-order valence-electron chi connectivity index (χ3n) is 4.60. The van der Waals surface area contributed by atoms with Crippen molar-refractivity contribution < 1.29 is 28.5 Å². The van der Waals surface area contributed by atoms with Crippen molar-refractivity contribution in [2.75, 3.05) is 17.3 Å². The average molecular weight is 984 g/mol. The van der Waals surface area contributed by atoms with E-state index in [1.165, 1.54) is 0 Å². The first kappa shape index (κ1) is 30.5. The predicted octanol–water partition coefficient (Wildman–Crippen LogP) is 6.01. The molecular weight excluding hydrogens is 972 g/mol. The minimum absolute atomic E-state index is 0.115. The minimum Gasteiger partial charge on any atom is -0.790 e. The van der Waals surface area contributed by atoms with E-state index in [1.807, 2.05) is 0 Å². The number of carbonyl (C=O) groups is 2. The number of imide groups is 1. The third-order valence-corrected chi connectivity index (χ3v) is 14.4. The van der Waals surface area contributed by atoms with Crippen LogP contribution in [0.15, 0.2) is 17.9 Å². The van der Waals surface area contributed by atoms with Crippen LogP contribution in [0.5, 0.6) is 0 Å². The fraction of sp³-hybridized carbons (Fsp3) is 0.500. The lowest BCUT2D eigenvalue weighted by molar-refractivity contribution is -0.343. The van der Waals surface area contributed by atoms with Gasteiger partial charge in [-0.15, -0.1) is 0 Å². The van der Waals surface area contributed by atoms with Crippen LogP contribution in [0.4, 0.5) is 0 Å². The molecule has 0 saturated carbocycles. The van der Waals surface area contributed by atoms with Gasteiger partial charge in [-0.25, -0.2) is 0 Å². The van der Waals surface area contributed by atoms with Gasteiger partial charge >= 0.3 is 0 Å². The van der Waals surface area contributed by atoms with E-state index in [0.717, 1.165) is 4.90 Å². The van der Waals surface area contributed by atoms with Crippen LogP contribution >= 0.6 is 135 Å². The number of benzene rings is 1. The van der Waals surface area contributed by atoms with E-state index in [9.17, 15) is 23.9 Å². The Hall–Kier alpha value is 2.31. The first-order chi connectivity index (χ1) is 14.7. The van der Waals surface area contributed by atoms with Crippen molar-refractivity contribution >= 4 is 147 Å². The van der Waals surface area contributed by atoms with Crippen molar-refractivity contribution in [2.45, 2.75) is 28.0 Å². The molecule has 7 nitrogen and oxygen atoms in total. The Labute approximate surface area is 251 Å². The molecule has 2 unspecified atom stereocenters. The van der Waals surface area contributed by atoms with Crippen LogP contribution in [0.3, 0.4) is 0 Å². The number of carbonyl (C=O) groups excluding carboxylic acids is 2. The van der Waals surface area contributed by atoms with E-state index < -0.39 is 31.8 Å². The molecule has 2 atom stereocenters. The van der Waals surface area contributed by atoms with E-state index in [2.05, 4.69) is 132 Å². The number of halogens is 8. The fourth-order valence-corrected chi connectivity index (χ4v) is 7.88. The van der Waals surface area contributed by atoms with E-state index in [1.54, 1.807) is 0 Å². The summed E-state index contributed by atoms with van der Waals surface area (Å²) in [7, 11) is -5.39. The lowest BCUT2D eigenvalue weighted by Crippen LogP contribution is -2.57. The van der Waals surface area contributed by atoms with Gasteiger partial charge in [0.2, 0.25) is 0 Å². The Morgan fingerprint density at radius 1 is 0.844 bits per heavy atom. The van der Waals surface area contributed by atoms with Gasteiger partial charge in [-0.3, -0.25) is 14.5 Å². The number of amides is 2. The first-order valence-electron chi connectivity index (χ1n) is 8.52. The monoisotopic (exact) mass is 976 g/mol. The number of phosphoric acid groups is 1. The predicted molar refractivity (Wildman–Crippen MR) is 146 cm³/mol. The Morgan fingerprint density at radius 3 is 1.53 bits per heavy atom. The minimum atomic E-state index is -5.39. The second-order valence-electron chi connectivity index (χ2n) is 6.81. The first-order valence-corrected chi connectivity index (χ1v) is 17.2. The van der Waals surface area contributed by atoms with Crippen LogP contribution in [-0.2, 0) is 9.09 Å². The molecule has 0 fully saturated rings. The van der Waals surface area contributed by atoms with Gasteiger partial charge < -0.3 is 18.9 Å². The van der Waals surface area contributed by atoms with Crippen LogP contribution in [0.25, 0.3) is 0 Å². The second kappa shape index (κ2) is 12.2. The highest BCUT2D eigenvalue weighted by molar-refractivity contribution is 9.15. The number of hydrogen-bond acceptors (Lipinski definition) is 6. The lowest BCUT2D eigenvalue weighted by Gasteiger charge is -2.44. The van der Waals surface area contributed by atoms with Crippen molar-refractivity contribution in [3.63, 3.8) is 0 Å². The SMILES string of the molecule is O=C1c2c(Br)c(Br)c(Br)c(Br)c2C(=O)N1C(COP(=O)([O-])[O-])(CC(Br)CBr)CC(Br)CBr. The molecule has 0 radical (unpaired) electrons. The fourth-order valence-electron chi connectivity index (χ4n) is 3.36. The summed E-state index contributed by atoms with van der Waals surface area (Å²) >= 11 is 27.2. The Balaban J connectivity index is 2.74. The maximum atomic E-state index is 13.6. The zero-order chi connectivity index (χ0) is 24.6. The van der Waals surface area contributed by atoms with E-state index >= 15 is 0 Å². The molecule has 0 aromatic heterocycles. The Morgan fingerprint density at radius 2 is 1.22 bits per heavy atom. The highest BCUT2D eigenvalue weighted by atomic mass is 79.9. The summed E-state index contributed by atoms with van der Waals surface area (Å²) in [6.07, 6.45) is 0.243. The number of nitrogens with zero attached hydrogens (tertiary/aromatic N) is 1. The number of hydrogen-bond donors (Lipinski definition) is 0. The van der Waals surface area contributed by atoms with Gasteiger partial charge in [-0.2, -0.15) is 0 Å². The zero-order valence-electron chi connectivity index (χ0n) is 15.6. The van der Waals surface area contributed by atoms with Crippen LogP contribution in [0.1, 0.15) is 33.6 Å². The van der Waals surface area contributed by atoms with Gasteiger partial charge in [0.25, 0.3) is 11.8 Å². The van der Waals surface area contributed by atoms with Crippen molar-refractivity contribution in [3.8, 4) is 0 Å². The van der Waals surface area contributed by atoms with E-state index in [4.69, 9.17) is 0 Å². The maximum Gasteiger partial charge on any atom is 0.263 e. The van der Waals surface area contributed by atoms with Gasteiger partial charge in [0.1, 0.15) is 0 Å². The summed E-state index contributed by atoms with van der Waals surface area (Å²) in [5, 5.41) is 0.881. The summed E-state index contributed by atoms with van der Waals surface area (Å²) < 4.78 is 17.8. The Kier molecular flexibility index (Phi) is 11.7. The Bertz CT molecular complexity index is 914. The molecule has 1 aliphatic heterocycles. The average Bonchev–Trinajstić information content (AvgIpc) is 2.98. The van der Waals surface area contributed by atoms with Crippen LogP contribution in [0, 0.1) is 0 Å². The maximum absolute atomic E-state index is 13.6. The summed E-state index contributed by atoms with van der Waals surface area (Å²) in [4.78, 5) is 50.5. The van der Waals surface area contributed by atoms with Gasteiger partial charge in [-0.05, 0) is 76.6 Å². The van der Waals surface area contributed by atoms with Crippen LogP contribution < -0.4 is 9.79 Å². The normalized spacial score (nSPS) is 18.0. The summed E-state index contributed by atoms with van der Waals surface area (Å²) in [5.41, 5.74) is -1.23. The molecule has 180 valence electrons. The molecule has 2 amide bonds. The molecular formula is C16H12Br8NO6P-2. The van der Waals surface area contributed by atoms with Crippen molar-refractivity contribution in [1.82, 2.24) is 4.90 Å². The van der Waals surface area contributed by atoms with Gasteiger partial charge in [0.05, 0.1) is 31.1 Å². The molecule has 2 rings (SSSR count). The van der Waals surface area contributed by atoms with Crippen LogP contribution in [-0.4, -0.2) is 49.2 Å². The molecule has 1 aromatic carbocycles. The molecule has 1 heterocycles.